The molecule has 0 saturated heterocycles. The molecule has 0 aliphatic carbocycles. The lowest BCUT2D eigenvalue weighted by Crippen LogP contribution is -2.23. The maximum absolute atomic E-state index is 5.29. The Labute approximate surface area is 127 Å². The molecule has 1 aromatic carbocycles. The highest BCUT2D eigenvalue weighted by Crippen LogP contribution is 2.24. The Balaban J connectivity index is 2.31. The summed E-state index contributed by atoms with van der Waals surface area (Å²) in [5, 5.41) is 3.60. The van der Waals surface area contributed by atoms with E-state index in [0.29, 0.717) is 0 Å². The Kier molecular flexibility index (Phi) is 5.76. The minimum Gasteiger partial charge on any atom is -0.495 e. The molecule has 112 valence electrons. The molecule has 2 aromatic rings. The standard InChI is InChI=1S/C18H24N2O/c1-4-10-20-18(15-8-6-14(5-2)7-9-15)16-11-17(21-3)13-19-12-16/h6-9,11-13,18,20H,4-5,10H2,1-3H3. The number of nitrogens with one attached hydrogen (secondary N) is 1. The van der Waals surface area contributed by atoms with Gasteiger partial charge in [-0.15, -0.1) is 0 Å². The molecule has 1 unspecified atom stereocenters. The molecule has 0 bridgehead atoms. The molecule has 1 heterocycles. The lowest BCUT2D eigenvalue weighted by molar-refractivity contribution is 0.411. The first kappa shape index (κ1) is 15.5. The first-order valence-electron chi connectivity index (χ1n) is 7.59. The minimum atomic E-state index is 0.151. The van der Waals surface area contributed by atoms with Crippen LogP contribution in [0, 0.1) is 0 Å². The van der Waals surface area contributed by atoms with Crippen LogP contribution in [0.3, 0.4) is 0 Å². The third kappa shape index (κ3) is 4.05. The van der Waals surface area contributed by atoms with Gasteiger partial charge in [0.15, 0.2) is 0 Å². The topological polar surface area (TPSA) is 34.2 Å². The van der Waals surface area contributed by atoms with E-state index in [1.165, 1.54) is 11.1 Å². The quantitative estimate of drug-likeness (QED) is 0.841. The summed E-state index contributed by atoms with van der Waals surface area (Å²) >= 11 is 0. The molecule has 0 spiro atoms. The minimum absolute atomic E-state index is 0.151. The number of pyridine rings is 1. The number of hydrogen-bond donors (Lipinski definition) is 1. The molecule has 0 aliphatic rings. The highest BCUT2D eigenvalue weighted by Gasteiger charge is 2.14. The Hall–Kier alpha value is -1.87. The van der Waals surface area contributed by atoms with Gasteiger partial charge in [0.05, 0.1) is 19.3 Å². The van der Waals surface area contributed by atoms with E-state index in [0.717, 1.165) is 30.7 Å². The second-order valence-corrected chi connectivity index (χ2v) is 5.14. The van der Waals surface area contributed by atoms with Crippen LogP contribution >= 0.6 is 0 Å². The van der Waals surface area contributed by atoms with Gasteiger partial charge in [0.1, 0.15) is 5.75 Å². The van der Waals surface area contributed by atoms with Crippen LogP contribution in [0.1, 0.15) is 43.0 Å². The van der Waals surface area contributed by atoms with Gasteiger partial charge in [-0.25, -0.2) is 0 Å². The van der Waals surface area contributed by atoms with Crippen molar-refractivity contribution in [3.63, 3.8) is 0 Å². The number of aryl methyl sites for hydroxylation is 1. The molecule has 1 atom stereocenters. The van der Waals surface area contributed by atoms with Crippen molar-refractivity contribution in [3.8, 4) is 5.75 Å². The van der Waals surface area contributed by atoms with E-state index in [-0.39, 0.29) is 6.04 Å². The van der Waals surface area contributed by atoms with Gasteiger partial charge in [0.25, 0.3) is 0 Å². The van der Waals surface area contributed by atoms with Gasteiger partial charge >= 0.3 is 0 Å². The molecule has 3 heteroatoms. The van der Waals surface area contributed by atoms with Crippen LogP contribution in [0.2, 0.25) is 0 Å². The summed E-state index contributed by atoms with van der Waals surface area (Å²) in [6.45, 7) is 5.32. The zero-order chi connectivity index (χ0) is 15.1. The number of hydrogen-bond acceptors (Lipinski definition) is 3. The van der Waals surface area contributed by atoms with Crippen LogP contribution < -0.4 is 10.1 Å². The van der Waals surface area contributed by atoms with E-state index >= 15 is 0 Å². The SMILES string of the molecule is CCCNC(c1ccc(CC)cc1)c1cncc(OC)c1. The summed E-state index contributed by atoms with van der Waals surface area (Å²) < 4.78 is 5.29. The van der Waals surface area contributed by atoms with Crippen molar-refractivity contribution in [3.05, 3.63) is 59.4 Å². The predicted molar refractivity (Wildman–Crippen MR) is 86.7 cm³/mol. The maximum atomic E-state index is 5.29. The Bertz CT molecular complexity index is 551. The van der Waals surface area contributed by atoms with Crippen molar-refractivity contribution in [2.75, 3.05) is 13.7 Å². The van der Waals surface area contributed by atoms with Gasteiger partial charge in [-0.05, 0) is 42.1 Å². The zero-order valence-corrected chi connectivity index (χ0v) is 13.1. The Morgan fingerprint density at radius 2 is 1.86 bits per heavy atom. The normalized spacial score (nSPS) is 12.1. The van der Waals surface area contributed by atoms with E-state index in [1.54, 1.807) is 13.3 Å². The van der Waals surface area contributed by atoms with E-state index in [2.05, 4.69) is 48.4 Å². The predicted octanol–water partition coefficient (Wildman–Crippen LogP) is 3.74. The molecular formula is C18H24N2O. The second-order valence-electron chi connectivity index (χ2n) is 5.14. The summed E-state index contributed by atoms with van der Waals surface area (Å²) in [7, 11) is 1.67. The van der Waals surface area contributed by atoms with Gasteiger partial charge in [0.2, 0.25) is 0 Å². The van der Waals surface area contributed by atoms with Gasteiger partial charge in [0, 0.05) is 6.20 Å². The van der Waals surface area contributed by atoms with Crippen LogP contribution in [0.15, 0.2) is 42.7 Å². The van der Waals surface area contributed by atoms with Crippen LogP contribution in [0.4, 0.5) is 0 Å². The fourth-order valence-electron chi connectivity index (χ4n) is 2.37. The second kappa shape index (κ2) is 7.79. The van der Waals surface area contributed by atoms with Crippen molar-refractivity contribution < 1.29 is 4.74 Å². The summed E-state index contributed by atoms with van der Waals surface area (Å²) in [4.78, 5) is 4.28. The summed E-state index contributed by atoms with van der Waals surface area (Å²) in [5.74, 6) is 0.793. The van der Waals surface area contributed by atoms with Gasteiger partial charge < -0.3 is 10.1 Å². The van der Waals surface area contributed by atoms with E-state index in [4.69, 9.17) is 4.74 Å². The molecule has 21 heavy (non-hydrogen) atoms. The van der Waals surface area contributed by atoms with E-state index < -0.39 is 0 Å². The fourth-order valence-corrected chi connectivity index (χ4v) is 2.37. The average molecular weight is 284 g/mol. The van der Waals surface area contributed by atoms with Gasteiger partial charge in [-0.3, -0.25) is 4.98 Å². The summed E-state index contributed by atoms with van der Waals surface area (Å²) in [5.41, 5.74) is 3.75. The lowest BCUT2D eigenvalue weighted by Gasteiger charge is -2.20. The van der Waals surface area contributed by atoms with Crippen LogP contribution in [-0.4, -0.2) is 18.6 Å². The first-order chi connectivity index (χ1) is 10.3. The number of nitrogens with zero attached hydrogens (tertiary/aromatic N) is 1. The number of rotatable bonds is 7. The molecule has 0 fully saturated rings. The number of ether oxygens (including phenoxy) is 1. The molecule has 1 N–H and O–H groups in total. The van der Waals surface area contributed by atoms with Crippen LogP contribution in [0.5, 0.6) is 5.75 Å². The van der Waals surface area contributed by atoms with Crippen LogP contribution in [0.25, 0.3) is 0 Å². The molecule has 3 nitrogen and oxygen atoms in total. The Morgan fingerprint density at radius 1 is 1.10 bits per heavy atom. The zero-order valence-electron chi connectivity index (χ0n) is 13.1. The van der Waals surface area contributed by atoms with Crippen molar-refractivity contribution in [2.24, 2.45) is 0 Å². The first-order valence-corrected chi connectivity index (χ1v) is 7.59. The van der Waals surface area contributed by atoms with Crippen molar-refractivity contribution >= 4 is 0 Å². The smallest absolute Gasteiger partial charge is 0.137 e. The van der Waals surface area contributed by atoms with Gasteiger partial charge in [-0.2, -0.15) is 0 Å². The van der Waals surface area contributed by atoms with Gasteiger partial charge in [-0.1, -0.05) is 38.1 Å². The third-order valence-corrected chi connectivity index (χ3v) is 3.62. The Morgan fingerprint density at radius 3 is 2.48 bits per heavy atom. The van der Waals surface area contributed by atoms with Crippen molar-refractivity contribution in [2.45, 2.75) is 32.7 Å². The monoisotopic (exact) mass is 284 g/mol. The van der Waals surface area contributed by atoms with E-state index in [1.807, 2.05) is 12.3 Å². The lowest BCUT2D eigenvalue weighted by atomic mass is 9.98. The molecule has 1 aromatic heterocycles. The highest BCUT2D eigenvalue weighted by atomic mass is 16.5. The van der Waals surface area contributed by atoms with Crippen LogP contribution in [-0.2, 0) is 6.42 Å². The third-order valence-electron chi connectivity index (χ3n) is 3.62. The molecule has 0 saturated carbocycles. The maximum Gasteiger partial charge on any atom is 0.137 e. The molecule has 0 aliphatic heterocycles. The molecule has 0 amide bonds. The molecular weight excluding hydrogens is 260 g/mol. The number of aromatic nitrogens is 1. The summed E-state index contributed by atoms with van der Waals surface area (Å²) in [6, 6.07) is 11.0. The summed E-state index contributed by atoms with van der Waals surface area (Å²) in [6.07, 6.45) is 5.80. The average Bonchev–Trinajstić information content (AvgIpc) is 2.56. The van der Waals surface area contributed by atoms with Crippen molar-refractivity contribution in [1.29, 1.82) is 0 Å². The fraction of sp³-hybridized carbons (Fsp3) is 0.389. The van der Waals surface area contributed by atoms with Crippen molar-refractivity contribution in [1.82, 2.24) is 10.3 Å². The number of benzene rings is 1. The van der Waals surface area contributed by atoms with E-state index in [9.17, 15) is 0 Å². The molecule has 0 radical (unpaired) electrons. The molecule has 2 rings (SSSR count). The largest absolute Gasteiger partial charge is 0.495 e. The number of methoxy groups -OCH3 is 1. The highest BCUT2D eigenvalue weighted by molar-refractivity contribution is 5.35.